The van der Waals surface area contributed by atoms with E-state index in [4.69, 9.17) is 14.2 Å². The molecule has 0 bridgehead atoms. The summed E-state index contributed by atoms with van der Waals surface area (Å²) in [6, 6.07) is 23.3. The number of hydrogen-bond donors (Lipinski definition) is 0. The summed E-state index contributed by atoms with van der Waals surface area (Å²) in [5.41, 5.74) is 4.23. The Balaban J connectivity index is 1.66. The average Bonchev–Trinajstić information content (AvgIpc) is 2.82. The van der Waals surface area contributed by atoms with Gasteiger partial charge in [0.2, 0.25) is 0 Å². The second kappa shape index (κ2) is 8.91. The van der Waals surface area contributed by atoms with Crippen molar-refractivity contribution in [3.05, 3.63) is 95.1 Å². The number of methoxy groups -OCH3 is 2. The minimum absolute atomic E-state index is 0.247. The van der Waals surface area contributed by atoms with Gasteiger partial charge in [0.05, 0.1) is 20.3 Å². The van der Waals surface area contributed by atoms with Gasteiger partial charge in [0.15, 0.2) is 0 Å². The van der Waals surface area contributed by atoms with Crippen LogP contribution in [0.3, 0.4) is 0 Å². The zero-order valence-electron chi connectivity index (χ0n) is 17.2. The molecule has 30 heavy (non-hydrogen) atoms. The van der Waals surface area contributed by atoms with Crippen molar-refractivity contribution in [3.63, 3.8) is 0 Å². The molecule has 0 radical (unpaired) electrons. The highest BCUT2D eigenvalue weighted by Crippen LogP contribution is 2.38. The Morgan fingerprint density at radius 3 is 2.33 bits per heavy atom. The molecule has 1 atom stereocenters. The van der Waals surface area contributed by atoms with Gasteiger partial charge in [0, 0.05) is 6.54 Å². The van der Waals surface area contributed by atoms with Crippen LogP contribution in [0.4, 0.5) is 4.79 Å². The summed E-state index contributed by atoms with van der Waals surface area (Å²) in [6.45, 7) is 0.833. The monoisotopic (exact) mass is 403 g/mol. The number of nitrogens with zero attached hydrogens (tertiary/aromatic N) is 1. The molecule has 0 saturated carbocycles. The Morgan fingerprint density at radius 1 is 0.933 bits per heavy atom. The Morgan fingerprint density at radius 2 is 1.63 bits per heavy atom. The number of ether oxygens (including phenoxy) is 3. The van der Waals surface area contributed by atoms with Crippen LogP contribution in [0, 0.1) is 0 Å². The van der Waals surface area contributed by atoms with Gasteiger partial charge in [0.1, 0.15) is 18.1 Å². The molecular weight excluding hydrogens is 378 g/mol. The SMILES string of the molecule is COc1ccc([C@@H]2c3cc(OC)ccc3CCN2C(=O)OCc2ccccc2)cc1. The van der Waals surface area contributed by atoms with Crippen LogP contribution >= 0.6 is 0 Å². The summed E-state index contributed by atoms with van der Waals surface area (Å²) in [6.07, 6.45) is 0.444. The molecule has 3 aromatic rings. The predicted molar refractivity (Wildman–Crippen MR) is 115 cm³/mol. The predicted octanol–water partition coefficient (Wildman–Crippen LogP) is 4.99. The molecule has 0 N–H and O–H groups in total. The maximum absolute atomic E-state index is 13.1. The van der Waals surface area contributed by atoms with Crippen LogP contribution in [-0.2, 0) is 17.8 Å². The highest BCUT2D eigenvalue weighted by Gasteiger charge is 2.33. The Hall–Kier alpha value is -3.47. The van der Waals surface area contributed by atoms with Crippen molar-refractivity contribution >= 4 is 6.09 Å². The molecule has 0 aromatic heterocycles. The lowest BCUT2D eigenvalue weighted by atomic mass is 9.88. The van der Waals surface area contributed by atoms with Gasteiger partial charge >= 0.3 is 6.09 Å². The number of benzene rings is 3. The topological polar surface area (TPSA) is 48.0 Å². The van der Waals surface area contributed by atoms with E-state index in [1.54, 1.807) is 19.1 Å². The molecule has 3 aromatic carbocycles. The first-order valence-electron chi connectivity index (χ1n) is 9.97. The number of rotatable bonds is 5. The van der Waals surface area contributed by atoms with Crippen molar-refractivity contribution in [1.82, 2.24) is 4.90 Å². The number of hydrogen-bond acceptors (Lipinski definition) is 4. The quantitative estimate of drug-likeness (QED) is 0.602. The van der Waals surface area contributed by atoms with Gasteiger partial charge in [-0.05, 0) is 52.9 Å². The summed E-state index contributed by atoms with van der Waals surface area (Å²) in [4.78, 5) is 14.9. The van der Waals surface area contributed by atoms with Crippen LogP contribution in [0.5, 0.6) is 11.5 Å². The lowest BCUT2D eigenvalue weighted by molar-refractivity contribution is 0.0836. The second-order valence-electron chi connectivity index (χ2n) is 7.22. The van der Waals surface area contributed by atoms with Crippen molar-refractivity contribution in [2.45, 2.75) is 19.1 Å². The summed E-state index contributed by atoms with van der Waals surface area (Å²) >= 11 is 0. The van der Waals surface area contributed by atoms with E-state index in [0.29, 0.717) is 6.54 Å². The van der Waals surface area contributed by atoms with E-state index < -0.39 is 0 Å². The van der Waals surface area contributed by atoms with E-state index in [1.807, 2.05) is 66.7 Å². The van der Waals surface area contributed by atoms with Crippen LogP contribution in [0.25, 0.3) is 0 Å². The van der Waals surface area contributed by atoms with Crippen LogP contribution in [0.15, 0.2) is 72.8 Å². The van der Waals surface area contributed by atoms with Gasteiger partial charge in [-0.2, -0.15) is 0 Å². The van der Waals surface area contributed by atoms with Crippen LogP contribution in [0.1, 0.15) is 28.3 Å². The van der Waals surface area contributed by atoms with Gasteiger partial charge in [0.25, 0.3) is 0 Å². The highest BCUT2D eigenvalue weighted by atomic mass is 16.6. The molecule has 1 heterocycles. The van der Waals surface area contributed by atoms with Crippen molar-refractivity contribution < 1.29 is 19.0 Å². The molecule has 0 spiro atoms. The summed E-state index contributed by atoms with van der Waals surface area (Å²) < 4.78 is 16.4. The van der Waals surface area contributed by atoms with Gasteiger partial charge in [-0.1, -0.05) is 48.5 Å². The van der Waals surface area contributed by atoms with Gasteiger partial charge in [-0.25, -0.2) is 4.79 Å². The summed E-state index contributed by atoms with van der Waals surface area (Å²) in [7, 11) is 3.29. The van der Waals surface area contributed by atoms with Crippen molar-refractivity contribution in [1.29, 1.82) is 0 Å². The molecule has 1 amide bonds. The first kappa shape index (κ1) is 19.8. The largest absolute Gasteiger partial charge is 0.497 e. The Labute approximate surface area is 176 Å². The molecule has 5 nitrogen and oxygen atoms in total. The smallest absolute Gasteiger partial charge is 0.410 e. The Bertz CT molecular complexity index is 1000. The van der Waals surface area contributed by atoms with Crippen LogP contribution in [0.2, 0.25) is 0 Å². The van der Waals surface area contributed by atoms with Gasteiger partial charge in [-0.15, -0.1) is 0 Å². The van der Waals surface area contributed by atoms with E-state index in [1.165, 1.54) is 5.56 Å². The molecule has 5 heteroatoms. The minimum atomic E-state index is -0.326. The second-order valence-corrected chi connectivity index (χ2v) is 7.22. The zero-order valence-corrected chi connectivity index (χ0v) is 17.2. The number of carbonyl (C=O) groups is 1. The third kappa shape index (κ3) is 4.10. The molecule has 0 unspecified atom stereocenters. The molecule has 0 fully saturated rings. The third-order valence-electron chi connectivity index (χ3n) is 5.45. The minimum Gasteiger partial charge on any atom is -0.497 e. The van der Waals surface area contributed by atoms with Gasteiger partial charge in [-0.3, -0.25) is 4.90 Å². The molecule has 1 aliphatic heterocycles. The normalized spacial score (nSPS) is 15.3. The fraction of sp³-hybridized carbons (Fsp3) is 0.240. The molecule has 4 rings (SSSR count). The van der Waals surface area contributed by atoms with Crippen molar-refractivity contribution in [2.75, 3.05) is 20.8 Å². The molecule has 0 saturated heterocycles. The van der Waals surface area contributed by atoms with E-state index in [2.05, 4.69) is 6.07 Å². The first-order chi connectivity index (χ1) is 14.7. The van der Waals surface area contributed by atoms with Crippen LogP contribution in [-0.4, -0.2) is 31.8 Å². The molecule has 0 aliphatic carbocycles. The van der Waals surface area contributed by atoms with Gasteiger partial charge < -0.3 is 14.2 Å². The third-order valence-corrected chi connectivity index (χ3v) is 5.45. The molecule has 154 valence electrons. The zero-order chi connectivity index (χ0) is 20.9. The van der Waals surface area contributed by atoms with E-state index >= 15 is 0 Å². The maximum Gasteiger partial charge on any atom is 0.410 e. The fourth-order valence-electron chi connectivity index (χ4n) is 3.86. The maximum atomic E-state index is 13.1. The van der Waals surface area contributed by atoms with E-state index in [-0.39, 0.29) is 18.7 Å². The fourth-order valence-corrected chi connectivity index (χ4v) is 3.86. The summed E-state index contributed by atoms with van der Waals surface area (Å²) in [5, 5.41) is 0. The highest BCUT2D eigenvalue weighted by molar-refractivity contribution is 5.70. The van der Waals surface area contributed by atoms with E-state index in [0.717, 1.165) is 34.6 Å². The Kier molecular flexibility index (Phi) is 5.89. The summed E-state index contributed by atoms with van der Waals surface area (Å²) in [5.74, 6) is 1.55. The number of amides is 1. The lowest BCUT2D eigenvalue weighted by Gasteiger charge is -2.37. The number of fused-ring (bicyclic) bond motifs is 1. The van der Waals surface area contributed by atoms with Crippen LogP contribution < -0.4 is 9.47 Å². The standard InChI is InChI=1S/C25H25NO4/c1-28-21-11-9-20(10-12-21)24-23-16-22(29-2)13-8-19(23)14-15-26(24)25(27)30-17-18-6-4-3-5-7-18/h3-13,16,24H,14-15,17H2,1-2H3/t24-/m1/s1. The van der Waals surface area contributed by atoms with E-state index in [9.17, 15) is 4.79 Å². The molecule has 1 aliphatic rings. The van der Waals surface area contributed by atoms with Crippen molar-refractivity contribution in [3.8, 4) is 11.5 Å². The molecular formula is C25H25NO4. The lowest BCUT2D eigenvalue weighted by Crippen LogP contribution is -2.40. The van der Waals surface area contributed by atoms with Crippen molar-refractivity contribution in [2.24, 2.45) is 0 Å². The first-order valence-corrected chi connectivity index (χ1v) is 9.97. The number of carbonyl (C=O) groups excluding carboxylic acids is 1. The average molecular weight is 403 g/mol.